The summed E-state index contributed by atoms with van der Waals surface area (Å²) in [5.74, 6) is 0.252. The molecule has 1 unspecified atom stereocenters. The predicted octanol–water partition coefficient (Wildman–Crippen LogP) is 3.35. The molecule has 4 heteroatoms. The van der Waals surface area contributed by atoms with Gasteiger partial charge in [0.05, 0.1) is 7.11 Å². The summed E-state index contributed by atoms with van der Waals surface area (Å²) < 4.78 is 19.1. The van der Waals surface area contributed by atoms with Gasteiger partial charge in [-0.05, 0) is 44.6 Å². The SMILES string of the molecule is CCCCN(CC)CCC(N)c1c(F)cccc1OC. The van der Waals surface area contributed by atoms with Gasteiger partial charge in [0.1, 0.15) is 11.6 Å². The highest BCUT2D eigenvalue weighted by molar-refractivity contribution is 5.37. The molecule has 0 bridgehead atoms. The topological polar surface area (TPSA) is 38.5 Å². The molecule has 1 aromatic rings. The van der Waals surface area contributed by atoms with Crippen molar-refractivity contribution in [3.63, 3.8) is 0 Å². The highest BCUT2D eigenvalue weighted by Crippen LogP contribution is 2.28. The van der Waals surface area contributed by atoms with E-state index in [1.165, 1.54) is 18.9 Å². The Morgan fingerprint density at radius 3 is 2.65 bits per heavy atom. The molecule has 114 valence electrons. The molecule has 0 saturated heterocycles. The number of benzene rings is 1. The Kier molecular flexibility index (Phi) is 7.55. The largest absolute Gasteiger partial charge is 0.496 e. The van der Waals surface area contributed by atoms with Crippen LogP contribution in [0, 0.1) is 5.82 Å². The van der Waals surface area contributed by atoms with E-state index >= 15 is 0 Å². The van der Waals surface area contributed by atoms with Crippen molar-refractivity contribution in [2.75, 3.05) is 26.7 Å². The summed E-state index contributed by atoms with van der Waals surface area (Å²) in [6, 6.07) is 4.50. The van der Waals surface area contributed by atoms with E-state index in [0.717, 1.165) is 26.1 Å². The zero-order valence-electron chi connectivity index (χ0n) is 12.9. The highest BCUT2D eigenvalue weighted by Gasteiger charge is 2.17. The van der Waals surface area contributed by atoms with E-state index in [1.54, 1.807) is 19.2 Å². The van der Waals surface area contributed by atoms with Crippen molar-refractivity contribution in [1.29, 1.82) is 0 Å². The molecule has 0 aliphatic heterocycles. The number of unbranched alkanes of at least 4 members (excludes halogenated alkanes) is 1. The van der Waals surface area contributed by atoms with Crippen LogP contribution in [0.25, 0.3) is 0 Å². The average molecular weight is 282 g/mol. The second-order valence-electron chi connectivity index (χ2n) is 5.04. The van der Waals surface area contributed by atoms with Crippen LogP contribution >= 0.6 is 0 Å². The molecule has 1 atom stereocenters. The summed E-state index contributed by atoms with van der Waals surface area (Å²) in [6.07, 6.45) is 3.10. The van der Waals surface area contributed by atoms with Crippen molar-refractivity contribution < 1.29 is 9.13 Å². The van der Waals surface area contributed by atoms with Crippen LogP contribution in [0.4, 0.5) is 4.39 Å². The third-order valence-electron chi connectivity index (χ3n) is 3.64. The van der Waals surface area contributed by atoms with Gasteiger partial charge in [0.15, 0.2) is 0 Å². The Morgan fingerprint density at radius 2 is 2.05 bits per heavy atom. The number of ether oxygens (including phenoxy) is 1. The van der Waals surface area contributed by atoms with E-state index in [0.29, 0.717) is 11.3 Å². The Labute approximate surface area is 121 Å². The van der Waals surface area contributed by atoms with Crippen molar-refractivity contribution in [1.82, 2.24) is 4.90 Å². The summed E-state index contributed by atoms with van der Waals surface area (Å²) >= 11 is 0. The van der Waals surface area contributed by atoms with Gasteiger partial charge < -0.3 is 15.4 Å². The molecule has 0 spiro atoms. The number of nitrogens with two attached hydrogens (primary N) is 1. The maximum atomic E-state index is 13.9. The Bertz CT molecular complexity index is 398. The molecule has 0 aliphatic rings. The van der Waals surface area contributed by atoms with E-state index < -0.39 is 0 Å². The average Bonchev–Trinajstić information content (AvgIpc) is 2.46. The summed E-state index contributed by atoms with van der Waals surface area (Å²) in [4.78, 5) is 2.36. The molecule has 2 N–H and O–H groups in total. The quantitative estimate of drug-likeness (QED) is 0.755. The molecule has 0 saturated carbocycles. The monoisotopic (exact) mass is 282 g/mol. The lowest BCUT2D eigenvalue weighted by Crippen LogP contribution is -2.28. The molecule has 1 rings (SSSR count). The lowest BCUT2D eigenvalue weighted by atomic mass is 10.0. The van der Waals surface area contributed by atoms with Crippen molar-refractivity contribution >= 4 is 0 Å². The van der Waals surface area contributed by atoms with E-state index in [1.807, 2.05) is 0 Å². The fraction of sp³-hybridized carbons (Fsp3) is 0.625. The number of methoxy groups -OCH3 is 1. The van der Waals surface area contributed by atoms with Gasteiger partial charge in [-0.15, -0.1) is 0 Å². The minimum Gasteiger partial charge on any atom is -0.496 e. The Morgan fingerprint density at radius 1 is 1.30 bits per heavy atom. The van der Waals surface area contributed by atoms with Crippen molar-refractivity contribution in [2.24, 2.45) is 5.73 Å². The minimum absolute atomic E-state index is 0.284. The first-order valence-corrected chi connectivity index (χ1v) is 7.44. The minimum atomic E-state index is -0.332. The van der Waals surface area contributed by atoms with E-state index in [2.05, 4.69) is 18.7 Å². The van der Waals surface area contributed by atoms with Gasteiger partial charge in [0.25, 0.3) is 0 Å². The smallest absolute Gasteiger partial charge is 0.131 e. The zero-order chi connectivity index (χ0) is 15.0. The number of nitrogens with zero attached hydrogens (tertiary/aromatic N) is 1. The number of halogens is 1. The highest BCUT2D eigenvalue weighted by atomic mass is 19.1. The molecule has 3 nitrogen and oxygen atoms in total. The van der Waals surface area contributed by atoms with Crippen LogP contribution in [0.15, 0.2) is 18.2 Å². The van der Waals surface area contributed by atoms with Gasteiger partial charge in [-0.1, -0.05) is 26.3 Å². The molecule has 0 amide bonds. The van der Waals surface area contributed by atoms with Gasteiger partial charge >= 0.3 is 0 Å². The first kappa shape index (κ1) is 16.9. The Balaban J connectivity index is 2.64. The van der Waals surface area contributed by atoms with Gasteiger partial charge in [0.2, 0.25) is 0 Å². The molecular weight excluding hydrogens is 255 g/mol. The number of hydrogen-bond donors (Lipinski definition) is 1. The van der Waals surface area contributed by atoms with Crippen molar-refractivity contribution in [2.45, 2.75) is 39.2 Å². The third-order valence-corrected chi connectivity index (χ3v) is 3.64. The van der Waals surface area contributed by atoms with Crippen LogP contribution in [0.3, 0.4) is 0 Å². The van der Waals surface area contributed by atoms with Crippen LogP contribution in [-0.4, -0.2) is 31.6 Å². The summed E-state index contributed by atoms with van der Waals surface area (Å²) in [5.41, 5.74) is 6.64. The molecule has 0 aliphatic carbocycles. The first-order chi connectivity index (χ1) is 9.63. The van der Waals surface area contributed by atoms with Gasteiger partial charge in [-0.3, -0.25) is 0 Å². The van der Waals surface area contributed by atoms with Gasteiger partial charge in [-0.25, -0.2) is 4.39 Å². The molecule has 0 fully saturated rings. The molecule has 0 aromatic heterocycles. The molecule has 0 radical (unpaired) electrons. The Hall–Kier alpha value is -1.13. The lowest BCUT2D eigenvalue weighted by molar-refractivity contribution is 0.270. The second-order valence-corrected chi connectivity index (χ2v) is 5.04. The summed E-state index contributed by atoms with van der Waals surface area (Å²) in [6.45, 7) is 7.29. The molecule has 20 heavy (non-hydrogen) atoms. The van der Waals surface area contributed by atoms with E-state index in [-0.39, 0.29) is 11.9 Å². The standard InChI is InChI=1S/C16H27FN2O/c1-4-6-11-19(5-2)12-10-14(18)16-13(17)8-7-9-15(16)20-3/h7-9,14H,4-6,10-12,18H2,1-3H3. The summed E-state index contributed by atoms with van der Waals surface area (Å²) in [7, 11) is 1.55. The normalized spacial score (nSPS) is 12.7. The lowest BCUT2D eigenvalue weighted by Gasteiger charge is -2.23. The fourth-order valence-electron chi connectivity index (χ4n) is 2.33. The molecule has 1 aromatic carbocycles. The van der Waals surface area contributed by atoms with Gasteiger partial charge in [0, 0.05) is 11.6 Å². The number of hydrogen-bond acceptors (Lipinski definition) is 3. The molecular formula is C16H27FN2O. The second kappa shape index (κ2) is 8.93. The van der Waals surface area contributed by atoms with E-state index in [4.69, 9.17) is 10.5 Å². The zero-order valence-corrected chi connectivity index (χ0v) is 12.9. The third kappa shape index (κ3) is 4.76. The summed E-state index contributed by atoms with van der Waals surface area (Å²) in [5, 5.41) is 0. The fourth-order valence-corrected chi connectivity index (χ4v) is 2.33. The van der Waals surface area contributed by atoms with Gasteiger partial charge in [-0.2, -0.15) is 0 Å². The van der Waals surface area contributed by atoms with Crippen LogP contribution < -0.4 is 10.5 Å². The molecule has 0 heterocycles. The first-order valence-electron chi connectivity index (χ1n) is 7.44. The van der Waals surface area contributed by atoms with E-state index in [9.17, 15) is 4.39 Å². The van der Waals surface area contributed by atoms with Crippen LogP contribution in [-0.2, 0) is 0 Å². The maximum Gasteiger partial charge on any atom is 0.131 e. The van der Waals surface area contributed by atoms with Crippen LogP contribution in [0.1, 0.15) is 44.7 Å². The van der Waals surface area contributed by atoms with Crippen LogP contribution in [0.5, 0.6) is 5.75 Å². The van der Waals surface area contributed by atoms with Crippen LogP contribution in [0.2, 0.25) is 0 Å². The predicted molar refractivity (Wildman–Crippen MR) is 81.5 cm³/mol. The maximum absolute atomic E-state index is 13.9. The van der Waals surface area contributed by atoms with Crippen molar-refractivity contribution in [3.05, 3.63) is 29.6 Å². The van der Waals surface area contributed by atoms with Crippen molar-refractivity contribution in [3.8, 4) is 5.75 Å². The number of rotatable bonds is 9.